The number of benzene rings is 1. The SMILES string of the molecule is C[Si](C)(C)c1ccc(B(Br)Br)cc1. The Morgan fingerprint density at radius 3 is 1.77 bits per heavy atom. The van der Waals surface area contributed by atoms with Gasteiger partial charge in [0.2, 0.25) is 0 Å². The zero-order valence-electron chi connectivity index (χ0n) is 8.14. The Hall–Kier alpha value is 0.462. The zero-order valence-corrected chi connectivity index (χ0v) is 12.3. The van der Waals surface area contributed by atoms with Crippen LogP contribution < -0.4 is 10.6 Å². The van der Waals surface area contributed by atoms with E-state index in [1.165, 1.54) is 10.6 Å². The lowest BCUT2D eigenvalue weighted by Gasteiger charge is -2.16. The molecule has 0 amide bonds. The maximum Gasteiger partial charge on any atom is 0.329 e. The van der Waals surface area contributed by atoms with Crippen LogP contribution in [-0.4, -0.2) is 12.4 Å². The van der Waals surface area contributed by atoms with Crippen molar-refractivity contribution in [3.8, 4) is 0 Å². The highest BCUT2D eigenvalue weighted by Gasteiger charge is 2.16. The van der Waals surface area contributed by atoms with Gasteiger partial charge in [-0.3, -0.25) is 0 Å². The summed E-state index contributed by atoms with van der Waals surface area (Å²) in [5.41, 5.74) is 1.28. The first-order valence-electron chi connectivity index (χ1n) is 4.30. The molecule has 13 heavy (non-hydrogen) atoms. The molecular formula is C9H13BBr2Si. The van der Waals surface area contributed by atoms with Gasteiger partial charge < -0.3 is 0 Å². The van der Waals surface area contributed by atoms with Gasteiger partial charge in [-0.2, -0.15) is 0 Å². The Morgan fingerprint density at radius 1 is 1.00 bits per heavy atom. The second kappa shape index (κ2) is 4.32. The fraction of sp³-hybridized carbons (Fsp3) is 0.333. The molecule has 0 spiro atoms. The first-order chi connectivity index (χ1) is 5.91. The summed E-state index contributed by atoms with van der Waals surface area (Å²) in [5, 5.41) is 1.51. The van der Waals surface area contributed by atoms with Gasteiger partial charge in [0.25, 0.3) is 0 Å². The number of halogens is 2. The molecule has 0 aliphatic rings. The predicted octanol–water partition coefficient (Wildman–Crippen LogP) is 2.72. The van der Waals surface area contributed by atoms with E-state index in [2.05, 4.69) is 75.4 Å². The molecule has 4 heteroatoms. The Labute approximate surface area is 98.1 Å². The van der Waals surface area contributed by atoms with Crippen LogP contribution >= 0.6 is 31.5 Å². The van der Waals surface area contributed by atoms with Gasteiger partial charge in [0.15, 0.2) is 0 Å². The molecule has 0 aromatic heterocycles. The van der Waals surface area contributed by atoms with Crippen molar-refractivity contribution in [2.24, 2.45) is 0 Å². The van der Waals surface area contributed by atoms with E-state index >= 15 is 0 Å². The minimum Gasteiger partial charge on any atom is -0.132 e. The van der Waals surface area contributed by atoms with Crippen LogP contribution in [0.15, 0.2) is 24.3 Å². The maximum absolute atomic E-state index is 3.49. The molecule has 0 heterocycles. The number of hydrogen-bond donors (Lipinski definition) is 0. The average Bonchev–Trinajstić information content (AvgIpc) is 2.03. The van der Waals surface area contributed by atoms with E-state index in [4.69, 9.17) is 0 Å². The van der Waals surface area contributed by atoms with Gasteiger partial charge in [-0.05, 0) is 0 Å². The van der Waals surface area contributed by atoms with Crippen LogP contribution in [0.1, 0.15) is 0 Å². The molecule has 0 atom stereocenters. The smallest absolute Gasteiger partial charge is 0.132 e. The summed E-state index contributed by atoms with van der Waals surface area (Å²) in [7, 11) is -1.12. The van der Waals surface area contributed by atoms with Crippen LogP contribution in [0.3, 0.4) is 0 Å². The van der Waals surface area contributed by atoms with E-state index in [0.717, 1.165) is 0 Å². The molecule has 0 nitrogen and oxygen atoms in total. The van der Waals surface area contributed by atoms with E-state index in [9.17, 15) is 0 Å². The van der Waals surface area contributed by atoms with E-state index in [1.54, 1.807) is 0 Å². The van der Waals surface area contributed by atoms with Gasteiger partial charge >= 0.3 is 4.36 Å². The molecule has 1 aromatic carbocycles. The quantitative estimate of drug-likeness (QED) is 0.735. The summed E-state index contributed by atoms with van der Waals surface area (Å²) in [4.78, 5) is 0. The van der Waals surface area contributed by atoms with Crippen LogP contribution in [0.4, 0.5) is 0 Å². The van der Waals surface area contributed by atoms with Gasteiger partial charge in [-0.15, -0.1) is 31.5 Å². The van der Waals surface area contributed by atoms with Crippen molar-refractivity contribution in [3.05, 3.63) is 24.3 Å². The highest BCUT2D eigenvalue weighted by Crippen LogP contribution is 2.05. The second-order valence-corrected chi connectivity index (χ2v) is 12.3. The normalized spacial score (nSPS) is 11.5. The zero-order chi connectivity index (χ0) is 10.1. The van der Waals surface area contributed by atoms with Crippen molar-refractivity contribution in [1.29, 1.82) is 0 Å². The first kappa shape index (κ1) is 11.5. The molecule has 0 saturated carbocycles. The molecule has 0 aliphatic heterocycles. The molecule has 0 bridgehead atoms. The molecule has 0 saturated heterocycles. The molecule has 0 unspecified atom stereocenters. The Morgan fingerprint density at radius 2 is 1.46 bits per heavy atom. The third-order valence-corrected chi connectivity index (χ3v) is 5.15. The van der Waals surface area contributed by atoms with Crippen molar-refractivity contribution >= 4 is 54.6 Å². The first-order valence-corrected chi connectivity index (χ1v) is 9.63. The Bertz CT molecular complexity index is 277. The van der Waals surface area contributed by atoms with Crippen molar-refractivity contribution in [1.82, 2.24) is 0 Å². The van der Waals surface area contributed by atoms with Crippen molar-refractivity contribution in [2.45, 2.75) is 19.6 Å². The third kappa shape index (κ3) is 3.26. The molecule has 70 valence electrons. The Kier molecular flexibility index (Phi) is 3.84. The molecule has 0 aliphatic carbocycles. The summed E-state index contributed by atoms with van der Waals surface area (Å²) in [6.45, 7) is 7.09. The predicted molar refractivity (Wildman–Crippen MR) is 72.7 cm³/mol. The molecule has 0 N–H and O–H groups in total. The summed E-state index contributed by atoms with van der Waals surface area (Å²) < 4.78 is 0.274. The lowest BCUT2D eigenvalue weighted by molar-refractivity contribution is 1.70. The van der Waals surface area contributed by atoms with Crippen molar-refractivity contribution < 1.29 is 0 Å². The van der Waals surface area contributed by atoms with Gasteiger partial charge in [0, 0.05) is 0 Å². The minimum atomic E-state index is -1.12. The van der Waals surface area contributed by atoms with E-state index in [0.29, 0.717) is 0 Å². The minimum absolute atomic E-state index is 0.274. The van der Waals surface area contributed by atoms with Crippen LogP contribution in [0.25, 0.3) is 0 Å². The molecule has 1 rings (SSSR count). The van der Waals surface area contributed by atoms with E-state index in [1.807, 2.05) is 0 Å². The fourth-order valence-electron chi connectivity index (χ4n) is 1.13. The summed E-state index contributed by atoms with van der Waals surface area (Å²) in [6.07, 6.45) is 0. The van der Waals surface area contributed by atoms with Gasteiger partial charge in [-0.25, -0.2) is 0 Å². The van der Waals surface area contributed by atoms with Gasteiger partial charge in [0.1, 0.15) is 0 Å². The standard InChI is InChI=1S/C9H13BBr2Si/c1-13(2,3)9-6-4-8(5-7-9)10(11)12/h4-7H,1-3H3. The Balaban J connectivity index is 2.94. The van der Waals surface area contributed by atoms with Gasteiger partial charge in [0.05, 0.1) is 8.07 Å². The highest BCUT2D eigenvalue weighted by atomic mass is 79.9. The van der Waals surface area contributed by atoms with Crippen LogP contribution in [0.5, 0.6) is 0 Å². The lowest BCUT2D eigenvalue weighted by atomic mass is 9.96. The summed E-state index contributed by atoms with van der Waals surface area (Å²) in [5.74, 6) is 0. The fourth-order valence-corrected chi connectivity index (χ4v) is 2.91. The van der Waals surface area contributed by atoms with Crippen LogP contribution in [-0.2, 0) is 0 Å². The molecule has 0 radical (unpaired) electrons. The number of rotatable bonds is 2. The van der Waals surface area contributed by atoms with Crippen molar-refractivity contribution in [3.63, 3.8) is 0 Å². The van der Waals surface area contributed by atoms with Gasteiger partial charge in [-0.1, -0.05) is 54.6 Å². The van der Waals surface area contributed by atoms with E-state index in [-0.39, 0.29) is 4.36 Å². The topological polar surface area (TPSA) is 0 Å². The van der Waals surface area contributed by atoms with Crippen LogP contribution in [0.2, 0.25) is 19.6 Å². The maximum atomic E-state index is 3.49. The summed E-state index contributed by atoms with van der Waals surface area (Å²) >= 11 is 6.97. The number of hydrogen-bond acceptors (Lipinski definition) is 0. The van der Waals surface area contributed by atoms with Crippen LogP contribution in [0, 0.1) is 0 Å². The lowest BCUT2D eigenvalue weighted by Crippen LogP contribution is -2.38. The average molecular weight is 320 g/mol. The van der Waals surface area contributed by atoms with Crippen molar-refractivity contribution in [2.75, 3.05) is 0 Å². The second-order valence-electron chi connectivity index (χ2n) is 4.17. The molecule has 0 fully saturated rings. The third-order valence-electron chi connectivity index (χ3n) is 2.03. The monoisotopic (exact) mass is 318 g/mol. The van der Waals surface area contributed by atoms with E-state index < -0.39 is 8.07 Å². The molecular weight excluding hydrogens is 307 g/mol. The largest absolute Gasteiger partial charge is 0.329 e. The summed E-state index contributed by atoms with van der Waals surface area (Å²) in [6, 6.07) is 8.86. The molecule has 1 aromatic rings. The highest BCUT2D eigenvalue weighted by molar-refractivity contribution is 9.49.